The quantitative estimate of drug-likeness (QED) is 0.718. The van der Waals surface area contributed by atoms with Crippen LogP contribution in [0.1, 0.15) is 17.1 Å². The Morgan fingerprint density at radius 3 is 2.70 bits per heavy atom. The summed E-state index contributed by atoms with van der Waals surface area (Å²) in [4.78, 5) is 1.42. The molecule has 5 heteroatoms. The SMILES string of the molecule is S=c1[nH]nc(CCCc2cccs2)n1-c1ccccc1. The molecule has 0 atom stereocenters. The van der Waals surface area contributed by atoms with Crippen molar-refractivity contribution in [3.63, 3.8) is 0 Å². The lowest BCUT2D eigenvalue weighted by Gasteiger charge is -2.06. The Labute approximate surface area is 126 Å². The van der Waals surface area contributed by atoms with E-state index in [0.717, 1.165) is 30.8 Å². The Hall–Kier alpha value is -1.72. The normalized spacial score (nSPS) is 10.8. The van der Waals surface area contributed by atoms with E-state index in [1.165, 1.54) is 4.88 Å². The van der Waals surface area contributed by atoms with Gasteiger partial charge < -0.3 is 0 Å². The van der Waals surface area contributed by atoms with Gasteiger partial charge in [-0.2, -0.15) is 5.10 Å². The number of H-pyrrole nitrogens is 1. The van der Waals surface area contributed by atoms with Gasteiger partial charge in [0.05, 0.1) is 0 Å². The number of aromatic nitrogens is 3. The van der Waals surface area contributed by atoms with Gasteiger partial charge in [0.1, 0.15) is 5.82 Å². The minimum Gasteiger partial charge on any atom is -0.272 e. The molecular formula is C15H15N3S2. The third-order valence-electron chi connectivity index (χ3n) is 3.16. The van der Waals surface area contributed by atoms with Gasteiger partial charge in [0.15, 0.2) is 4.77 Å². The van der Waals surface area contributed by atoms with Gasteiger partial charge in [0.25, 0.3) is 0 Å². The number of rotatable bonds is 5. The lowest BCUT2D eigenvalue weighted by molar-refractivity contribution is 0.756. The van der Waals surface area contributed by atoms with Gasteiger partial charge in [-0.25, -0.2) is 0 Å². The highest BCUT2D eigenvalue weighted by atomic mass is 32.1. The molecule has 0 saturated carbocycles. The summed E-state index contributed by atoms with van der Waals surface area (Å²) in [6.45, 7) is 0. The molecule has 0 fully saturated rings. The fourth-order valence-electron chi connectivity index (χ4n) is 2.22. The van der Waals surface area contributed by atoms with Crippen LogP contribution in [0.25, 0.3) is 5.69 Å². The molecule has 0 aliphatic heterocycles. The summed E-state index contributed by atoms with van der Waals surface area (Å²) in [5, 5.41) is 9.38. The second kappa shape index (κ2) is 6.15. The second-order valence-corrected chi connectivity index (χ2v) is 5.97. The van der Waals surface area contributed by atoms with Gasteiger partial charge in [0, 0.05) is 17.0 Å². The van der Waals surface area contributed by atoms with Crippen LogP contribution >= 0.6 is 23.6 Å². The topological polar surface area (TPSA) is 33.6 Å². The molecule has 3 aromatic rings. The Bertz CT molecular complexity index is 711. The summed E-state index contributed by atoms with van der Waals surface area (Å²) in [5.74, 6) is 0.998. The average molecular weight is 301 g/mol. The molecule has 3 nitrogen and oxygen atoms in total. The molecule has 1 aromatic carbocycles. The number of nitrogens with zero attached hydrogens (tertiary/aromatic N) is 2. The summed E-state index contributed by atoms with van der Waals surface area (Å²) in [6.07, 6.45) is 3.08. The minimum absolute atomic E-state index is 0.655. The van der Waals surface area contributed by atoms with Gasteiger partial charge in [-0.05, 0) is 48.6 Å². The highest BCUT2D eigenvalue weighted by molar-refractivity contribution is 7.71. The molecule has 102 valence electrons. The summed E-state index contributed by atoms with van der Waals surface area (Å²) in [6, 6.07) is 14.4. The molecule has 1 N–H and O–H groups in total. The van der Waals surface area contributed by atoms with Crippen LogP contribution in [0.5, 0.6) is 0 Å². The third-order valence-corrected chi connectivity index (χ3v) is 4.37. The van der Waals surface area contributed by atoms with Crippen molar-refractivity contribution in [2.24, 2.45) is 0 Å². The van der Waals surface area contributed by atoms with Crippen LogP contribution in [0.4, 0.5) is 0 Å². The van der Waals surface area contributed by atoms with Crippen molar-refractivity contribution in [1.82, 2.24) is 14.8 Å². The van der Waals surface area contributed by atoms with Gasteiger partial charge in [-0.3, -0.25) is 9.67 Å². The molecule has 0 aliphatic rings. The number of nitrogens with one attached hydrogen (secondary N) is 1. The molecule has 2 heterocycles. The maximum atomic E-state index is 5.33. The van der Waals surface area contributed by atoms with Crippen molar-refractivity contribution in [3.8, 4) is 5.69 Å². The van der Waals surface area contributed by atoms with Crippen LogP contribution < -0.4 is 0 Å². The number of para-hydroxylation sites is 1. The van der Waals surface area contributed by atoms with E-state index in [1.54, 1.807) is 0 Å². The highest BCUT2D eigenvalue weighted by Gasteiger charge is 2.07. The fourth-order valence-corrected chi connectivity index (χ4v) is 3.22. The van der Waals surface area contributed by atoms with E-state index in [1.807, 2.05) is 46.2 Å². The number of aryl methyl sites for hydroxylation is 2. The minimum atomic E-state index is 0.655. The summed E-state index contributed by atoms with van der Waals surface area (Å²) in [5.41, 5.74) is 1.07. The summed E-state index contributed by atoms with van der Waals surface area (Å²) in [7, 11) is 0. The van der Waals surface area contributed by atoms with Crippen LogP contribution in [0.3, 0.4) is 0 Å². The number of benzene rings is 1. The van der Waals surface area contributed by atoms with Crippen LogP contribution in [-0.4, -0.2) is 14.8 Å². The number of hydrogen-bond acceptors (Lipinski definition) is 3. The maximum Gasteiger partial charge on any atom is 0.199 e. The molecule has 0 radical (unpaired) electrons. The van der Waals surface area contributed by atoms with Gasteiger partial charge in [-0.1, -0.05) is 24.3 Å². The first-order valence-electron chi connectivity index (χ1n) is 6.59. The average Bonchev–Trinajstić information content (AvgIpc) is 3.10. The van der Waals surface area contributed by atoms with E-state index in [9.17, 15) is 0 Å². The van der Waals surface area contributed by atoms with Crippen molar-refractivity contribution in [2.45, 2.75) is 19.3 Å². The van der Waals surface area contributed by atoms with E-state index in [2.05, 4.69) is 27.7 Å². The predicted octanol–water partition coefficient (Wildman–Crippen LogP) is 4.17. The lowest BCUT2D eigenvalue weighted by Crippen LogP contribution is -2.02. The van der Waals surface area contributed by atoms with Crippen LogP contribution in [0.2, 0.25) is 0 Å². The Kier molecular flexibility index (Phi) is 4.08. The molecule has 0 aliphatic carbocycles. The van der Waals surface area contributed by atoms with Gasteiger partial charge >= 0.3 is 0 Å². The lowest BCUT2D eigenvalue weighted by atomic mass is 10.2. The molecule has 3 rings (SSSR count). The van der Waals surface area contributed by atoms with E-state index in [0.29, 0.717) is 4.77 Å². The first-order valence-corrected chi connectivity index (χ1v) is 7.87. The van der Waals surface area contributed by atoms with Crippen molar-refractivity contribution in [2.75, 3.05) is 0 Å². The predicted molar refractivity (Wildman–Crippen MR) is 85.1 cm³/mol. The standard InChI is InChI=1S/C15H15N3S2/c19-15-17-16-14(10-4-8-13-9-5-11-20-13)18(15)12-6-2-1-3-7-12/h1-3,5-7,9,11H,4,8,10H2,(H,17,19). The Morgan fingerprint density at radius 1 is 1.10 bits per heavy atom. The largest absolute Gasteiger partial charge is 0.272 e. The van der Waals surface area contributed by atoms with Crippen molar-refractivity contribution in [3.05, 3.63) is 63.3 Å². The first kappa shape index (κ1) is 13.3. The third kappa shape index (κ3) is 2.89. The zero-order chi connectivity index (χ0) is 13.8. The molecule has 0 bridgehead atoms. The van der Waals surface area contributed by atoms with Gasteiger partial charge in [-0.15, -0.1) is 11.3 Å². The zero-order valence-electron chi connectivity index (χ0n) is 11.0. The van der Waals surface area contributed by atoms with Crippen LogP contribution in [0.15, 0.2) is 47.8 Å². The van der Waals surface area contributed by atoms with Crippen molar-refractivity contribution in [1.29, 1.82) is 0 Å². The van der Waals surface area contributed by atoms with Crippen molar-refractivity contribution >= 4 is 23.6 Å². The van der Waals surface area contributed by atoms with Crippen LogP contribution in [-0.2, 0) is 12.8 Å². The zero-order valence-corrected chi connectivity index (χ0v) is 12.6. The summed E-state index contributed by atoms with van der Waals surface area (Å²) < 4.78 is 2.67. The van der Waals surface area contributed by atoms with E-state index in [4.69, 9.17) is 12.2 Å². The van der Waals surface area contributed by atoms with E-state index >= 15 is 0 Å². The Balaban J connectivity index is 1.76. The Morgan fingerprint density at radius 2 is 1.95 bits per heavy atom. The maximum absolute atomic E-state index is 5.33. The van der Waals surface area contributed by atoms with Gasteiger partial charge in [0.2, 0.25) is 0 Å². The van der Waals surface area contributed by atoms with E-state index in [-0.39, 0.29) is 0 Å². The number of thiophene rings is 1. The molecule has 0 unspecified atom stereocenters. The van der Waals surface area contributed by atoms with E-state index < -0.39 is 0 Å². The molecular weight excluding hydrogens is 286 g/mol. The number of aromatic amines is 1. The second-order valence-electron chi connectivity index (χ2n) is 4.55. The smallest absolute Gasteiger partial charge is 0.199 e. The molecule has 0 spiro atoms. The van der Waals surface area contributed by atoms with Crippen molar-refractivity contribution < 1.29 is 0 Å². The molecule has 20 heavy (non-hydrogen) atoms. The summed E-state index contributed by atoms with van der Waals surface area (Å²) >= 11 is 7.14. The van der Waals surface area contributed by atoms with Crippen LogP contribution in [0, 0.1) is 4.77 Å². The number of hydrogen-bond donors (Lipinski definition) is 1. The molecule has 0 amide bonds. The first-order chi connectivity index (χ1) is 9.84. The molecule has 2 aromatic heterocycles. The monoisotopic (exact) mass is 301 g/mol. The molecule has 0 saturated heterocycles. The fraction of sp³-hybridized carbons (Fsp3) is 0.200. The highest BCUT2D eigenvalue weighted by Crippen LogP contribution is 2.15.